The Bertz CT molecular complexity index is 2980. The maximum atomic E-state index is 2.53. The fourth-order valence-electron chi connectivity index (χ4n) is 12.4. The molecule has 3 aliphatic carbocycles. The first-order chi connectivity index (χ1) is 31.7. The molecular weight excluding hydrogens is 775 g/mol. The van der Waals surface area contributed by atoms with Gasteiger partial charge in [-0.3, -0.25) is 0 Å². The standard InChI is InChI=1S/C61H55N3/c1-5-16-45(17-6-1)46-29-36-54(37-30-46)63(59-27-15-25-57-56-24-13-14-26-58(56)64(60(57)59)52-22-11-4-12-23-52)55-40-34-48(35-41-55)61(43-44-28-31-49(61)42-44)47-32-38-53(39-33-47)62(50-18-7-2-8-19-50)51-20-9-3-10-21-51/h2-4,7-15,18-27,29-30,32-41,44-45,49H,1,5-6,16-17,28,31,42-43H2. The molecule has 1 aromatic heterocycles. The number of benzene rings is 8. The van der Waals surface area contributed by atoms with Crippen LogP contribution in [0, 0.1) is 11.8 Å². The Balaban J connectivity index is 0.982. The summed E-state index contributed by atoms with van der Waals surface area (Å²) in [4.78, 5) is 4.90. The minimum atomic E-state index is -0.0173. The van der Waals surface area contributed by atoms with Crippen LogP contribution < -0.4 is 9.80 Å². The molecule has 3 atom stereocenters. The molecule has 0 N–H and O–H groups in total. The van der Waals surface area contributed by atoms with E-state index in [2.05, 4.69) is 221 Å². The van der Waals surface area contributed by atoms with E-state index in [0.29, 0.717) is 11.8 Å². The lowest BCUT2D eigenvalue weighted by molar-refractivity contribution is 0.320. The lowest BCUT2D eigenvalue weighted by Crippen LogP contribution is -2.34. The van der Waals surface area contributed by atoms with E-state index in [-0.39, 0.29) is 5.41 Å². The molecule has 0 aliphatic heterocycles. The molecule has 64 heavy (non-hydrogen) atoms. The molecule has 3 aliphatic rings. The van der Waals surface area contributed by atoms with Crippen molar-refractivity contribution in [3.63, 3.8) is 0 Å². The second-order valence-corrected chi connectivity index (χ2v) is 18.8. The molecule has 2 bridgehead atoms. The van der Waals surface area contributed by atoms with E-state index in [4.69, 9.17) is 0 Å². The van der Waals surface area contributed by atoms with Gasteiger partial charge in [-0.2, -0.15) is 0 Å². The summed E-state index contributed by atoms with van der Waals surface area (Å²) in [7, 11) is 0. The monoisotopic (exact) mass is 829 g/mol. The number of aromatic nitrogens is 1. The number of para-hydroxylation sites is 5. The van der Waals surface area contributed by atoms with Gasteiger partial charge >= 0.3 is 0 Å². The van der Waals surface area contributed by atoms with Crippen molar-refractivity contribution in [2.45, 2.75) is 69.1 Å². The van der Waals surface area contributed by atoms with Gasteiger partial charge in [0.05, 0.1) is 16.7 Å². The molecule has 0 saturated heterocycles. The average Bonchev–Trinajstić information content (AvgIpc) is 4.10. The van der Waals surface area contributed by atoms with Gasteiger partial charge in [-0.15, -0.1) is 0 Å². The quantitative estimate of drug-likeness (QED) is 0.136. The van der Waals surface area contributed by atoms with Crippen LogP contribution in [0.3, 0.4) is 0 Å². The first-order valence-corrected chi connectivity index (χ1v) is 23.8. The summed E-state index contributed by atoms with van der Waals surface area (Å²) in [6.07, 6.45) is 11.8. The molecule has 3 fully saturated rings. The molecular formula is C61H55N3. The highest BCUT2D eigenvalue weighted by Gasteiger charge is 2.52. The van der Waals surface area contributed by atoms with Gasteiger partial charge in [0.25, 0.3) is 0 Å². The number of nitrogens with zero attached hydrogens (tertiary/aromatic N) is 3. The zero-order chi connectivity index (χ0) is 42.5. The summed E-state index contributed by atoms with van der Waals surface area (Å²) in [5.41, 5.74) is 15.0. The third-order valence-corrected chi connectivity index (χ3v) is 15.3. The van der Waals surface area contributed by atoms with Gasteiger partial charge in [-0.1, -0.05) is 147 Å². The van der Waals surface area contributed by atoms with Crippen molar-refractivity contribution in [2.75, 3.05) is 9.80 Å². The highest BCUT2D eigenvalue weighted by molar-refractivity contribution is 6.14. The molecule has 3 saturated carbocycles. The SMILES string of the molecule is c1ccc(N(c2ccccc2)c2ccc(C3(c4ccc(N(c5ccc(C6CCCCC6)cc5)c5cccc6c7ccccc7n(-c7ccccc7)c56)cc4)CC4CCC3C4)cc2)cc1. The summed E-state index contributed by atoms with van der Waals surface area (Å²) in [5, 5.41) is 2.53. The minimum Gasteiger partial charge on any atom is -0.311 e. The van der Waals surface area contributed by atoms with E-state index in [1.54, 1.807) is 0 Å². The van der Waals surface area contributed by atoms with E-state index < -0.39 is 0 Å². The van der Waals surface area contributed by atoms with Crippen molar-refractivity contribution in [3.8, 4) is 5.69 Å². The predicted octanol–water partition coefficient (Wildman–Crippen LogP) is 16.9. The van der Waals surface area contributed by atoms with Crippen LogP contribution in [0.4, 0.5) is 34.1 Å². The molecule has 9 aromatic rings. The molecule has 314 valence electrons. The van der Waals surface area contributed by atoms with Crippen LogP contribution in [0.15, 0.2) is 206 Å². The van der Waals surface area contributed by atoms with Crippen LogP contribution in [-0.2, 0) is 5.41 Å². The highest BCUT2D eigenvalue weighted by Crippen LogP contribution is 2.60. The Labute approximate surface area is 378 Å². The minimum absolute atomic E-state index is 0.0173. The van der Waals surface area contributed by atoms with E-state index >= 15 is 0 Å². The molecule has 3 heteroatoms. The van der Waals surface area contributed by atoms with Crippen LogP contribution in [-0.4, -0.2) is 4.57 Å². The molecule has 1 heterocycles. The van der Waals surface area contributed by atoms with Crippen molar-refractivity contribution in [1.82, 2.24) is 4.57 Å². The highest BCUT2D eigenvalue weighted by atomic mass is 15.2. The lowest BCUT2D eigenvalue weighted by Gasteiger charge is -2.40. The second kappa shape index (κ2) is 16.4. The summed E-state index contributed by atoms with van der Waals surface area (Å²) in [6, 6.07) is 77.3. The Morgan fingerprint density at radius 2 is 0.953 bits per heavy atom. The van der Waals surface area contributed by atoms with Crippen LogP contribution in [0.1, 0.15) is 80.4 Å². The summed E-state index contributed by atoms with van der Waals surface area (Å²) in [6.45, 7) is 0. The van der Waals surface area contributed by atoms with Gasteiger partial charge in [-0.05, 0) is 151 Å². The Morgan fingerprint density at radius 3 is 1.55 bits per heavy atom. The molecule has 8 aromatic carbocycles. The van der Waals surface area contributed by atoms with Crippen molar-refractivity contribution >= 4 is 55.9 Å². The average molecular weight is 830 g/mol. The molecule has 3 nitrogen and oxygen atoms in total. The number of rotatable bonds is 10. The van der Waals surface area contributed by atoms with E-state index in [9.17, 15) is 0 Å². The fourth-order valence-corrected chi connectivity index (χ4v) is 12.4. The van der Waals surface area contributed by atoms with Gasteiger partial charge in [0.15, 0.2) is 0 Å². The van der Waals surface area contributed by atoms with Crippen molar-refractivity contribution < 1.29 is 0 Å². The summed E-state index contributed by atoms with van der Waals surface area (Å²) >= 11 is 0. The smallest absolute Gasteiger partial charge is 0.0782 e. The molecule has 12 rings (SSSR count). The number of hydrogen-bond donors (Lipinski definition) is 0. The fraction of sp³-hybridized carbons (Fsp3) is 0.213. The van der Waals surface area contributed by atoms with Crippen LogP contribution in [0.5, 0.6) is 0 Å². The number of fused-ring (bicyclic) bond motifs is 5. The zero-order valence-electron chi connectivity index (χ0n) is 36.6. The molecule has 0 radical (unpaired) electrons. The van der Waals surface area contributed by atoms with Gasteiger partial charge < -0.3 is 14.4 Å². The lowest BCUT2D eigenvalue weighted by atomic mass is 9.64. The summed E-state index contributed by atoms with van der Waals surface area (Å²) in [5.74, 6) is 2.06. The predicted molar refractivity (Wildman–Crippen MR) is 269 cm³/mol. The van der Waals surface area contributed by atoms with Gasteiger partial charge in [0.1, 0.15) is 0 Å². The van der Waals surface area contributed by atoms with Gasteiger partial charge in [0, 0.05) is 50.3 Å². The maximum absolute atomic E-state index is 2.53. The van der Waals surface area contributed by atoms with E-state index in [0.717, 1.165) is 5.92 Å². The first kappa shape index (κ1) is 38.8. The molecule has 0 spiro atoms. The van der Waals surface area contributed by atoms with Gasteiger partial charge in [0.2, 0.25) is 0 Å². The Kier molecular flexibility index (Phi) is 9.93. The molecule has 3 unspecified atom stereocenters. The van der Waals surface area contributed by atoms with Crippen LogP contribution in [0.2, 0.25) is 0 Å². The van der Waals surface area contributed by atoms with Crippen LogP contribution in [0.25, 0.3) is 27.5 Å². The van der Waals surface area contributed by atoms with E-state index in [1.807, 2.05) is 0 Å². The van der Waals surface area contributed by atoms with E-state index in [1.165, 1.54) is 136 Å². The Hall–Kier alpha value is -6.84. The number of anilines is 6. The second-order valence-electron chi connectivity index (χ2n) is 18.8. The topological polar surface area (TPSA) is 11.4 Å². The normalized spacial score (nSPS) is 19.6. The third-order valence-electron chi connectivity index (χ3n) is 15.3. The van der Waals surface area contributed by atoms with Crippen molar-refractivity contribution in [2.24, 2.45) is 11.8 Å². The largest absolute Gasteiger partial charge is 0.311 e. The van der Waals surface area contributed by atoms with Crippen molar-refractivity contribution in [1.29, 1.82) is 0 Å². The maximum Gasteiger partial charge on any atom is 0.0782 e. The molecule has 0 amide bonds. The van der Waals surface area contributed by atoms with Crippen LogP contribution >= 0.6 is 0 Å². The van der Waals surface area contributed by atoms with Gasteiger partial charge in [-0.25, -0.2) is 0 Å². The zero-order valence-corrected chi connectivity index (χ0v) is 36.6. The summed E-state index contributed by atoms with van der Waals surface area (Å²) < 4.78 is 2.47. The Morgan fingerprint density at radius 1 is 0.422 bits per heavy atom. The third kappa shape index (κ3) is 6.64. The van der Waals surface area contributed by atoms with Crippen molar-refractivity contribution in [3.05, 3.63) is 223 Å². The number of hydrogen-bond acceptors (Lipinski definition) is 2. The first-order valence-electron chi connectivity index (χ1n) is 23.8.